The topological polar surface area (TPSA) is 35.5 Å². The van der Waals surface area contributed by atoms with E-state index in [2.05, 4.69) is 6.92 Å². The van der Waals surface area contributed by atoms with Crippen molar-refractivity contribution < 1.29 is 14.3 Å². The Hall–Kier alpha value is -1.51. The Morgan fingerprint density at radius 3 is 2.84 bits per heavy atom. The van der Waals surface area contributed by atoms with Crippen LogP contribution < -0.4 is 9.47 Å². The molecule has 1 atom stereocenters. The standard InChI is InChI=1S/C16H20O3/c1-16(9-11-4-3-5-11)10-14(17)13-7-6-12(18-2)8-15(13)19-16/h6-8,11H,3-5,9-10H2,1-2H3. The Morgan fingerprint density at radius 1 is 1.42 bits per heavy atom. The minimum Gasteiger partial charge on any atom is -0.497 e. The molecule has 0 N–H and O–H groups in total. The molecule has 0 aromatic heterocycles. The maximum atomic E-state index is 12.3. The fourth-order valence-corrected chi connectivity index (χ4v) is 3.10. The molecular formula is C16H20O3. The van der Waals surface area contributed by atoms with Gasteiger partial charge in [-0.25, -0.2) is 0 Å². The Morgan fingerprint density at radius 2 is 2.21 bits per heavy atom. The van der Waals surface area contributed by atoms with Crippen LogP contribution in [-0.2, 0) is 0 Å². The van der Waals surface area contributed by atoms with Gasteiger partial charge in [0.05, 0.1) is 19.1 Å². The van der Waals surface area contributed by atoms with E-state index in [1.54, 1.807) is 13.2 Å². The molecule has 3 nitrogen and oxygen atoms in total. The van der Waals surface area contributed by atoms with E-state index in [1.165, 1.54) is 19.3 Å². The number of hydrogen-bond donors (Lipinski definition) is 0. The molecule has 0 radical (unpaired) electrons. The molecule has 3 rings (SSSR count). The number of carbonyl (C=O) groups excluding carboxylic acids is 1. The Kier molecular flexibility index (Phi) is 3.00. The third kappa shape index (κ3) is 2.34. The van der Waals surface area contributed by atoms with Crippen LogP contribution in [0.15, 0.2) is 18.2 Å². The second-order valence-electron chi connectivity index (χ2n) is 6.02. The SMILES string of the molecule is COc1ccc2c(c1)OC(C)(CC1CCC1)CC2=O. The monoisotopic (exact) mass is 260 g/mol. The number of ether oxygens (including phenoxy) is 2. The van der Waals surface area contributed by atoms with Crippen molar-refractivity contribution in [1.82, 2.24) is 0 Å². The lowest BCUT2D eigenvalue weighted by molar-refractivity contribution is 0.0257. The average molecular weight is 260 g/mol. The molecule has 1 aromatic rings. The summed E-state index contributed by atoms with van der Waals surface area (Å²) in [4.78, 5) is 12.3. The lowest BCUT2D eigenvalue weighted by Gasteiger charge is -2.39. The Labute approximate surface area is 113 Å². The van der Waals surface area contributed by atoms with Crippen molar-refractivity contribution in [3.8, 4) is 11.5 Å². The highest BCUT2D eigenvalue weighted by molar-refractivity contribution is 6.00. The van der Waals surface area contributed by atoms with E-state index in [1.807, 2.05) is 12.1 Å². The smallest absolute Gasteiger partial charge is 0.170 e. The van der Waals surface area contributed by atoms with Gasteiger partial charge in [0, 0.05) is 6.07 Å². The summed E-state index contributed by atoms with van der Waals surface area (Å²) in [5, 5.41) is 0. The van der Waals surface area contributed by atoms with Gasteiger partial charge in [-0.05, 0) is 31.4 Å². The highest BCUT2D eigenvalue weighted by Crippen LogP contribution is 2.42. The van der Waals surface area contributed by atoms with E-state index in [-0.39, 0.29) is 11.4 Å². The maximum absolute atomic E-state index is 12.3. The largest absolute Gasteiger partial charge is 0.497 e. The molecule has 1 heterocycles. The predicted octanol–water partition coefficient (Wildman–Crippen LogP) is 3.61. The quantitative estimate of drug-likeness (QED) is 0.832. The predicted molar refractivity (Wildman–Crippen MR) is 72.9 cm³/mol. The van der Waals surface area contributed by atoms with Crippen LogP contribution in [0.5, 0.6) is 11.5 Å². The highest BCUT2D eigenvalue weighted by Gasteiger charge is 2.39. The van der Waals surface area contributed by atoms with Crippen molar-refractivity contribution in [2.24, 2.45) is 5.92 Å². The molecule has 19 heavy (non-hydrogen) atoms. The van der Waals surface area contributed by atoms with E-state index in [4.69, 9.17) is 9.47 Å². The van der Waals surface area contributed by atoms with Crippen LogP contribution in [0, 0.1) is 5.92 Å². The van der Waals surface area contributed by atoms with Crippen molar-refractivity contribution in [1.29, 1.82) is 0 Å². The first-order valence-electron chi connectivity index (χ1n) is 7.00. The third-order valence-corrected chi connectivity index (χ3v) is 4.33. The number of rotatable bonds is 3. The second kappa shape index (κ2) is 4.55. The molecule has 1 aromatic carbocycles. The van der Waals surface area contributed by atoms with Gasteiger partial charge < -0.3 is 9.47 Å². The Bertz CT molecular complexity index is 505. The van der Waals surface area contributed by atoms with Gasteiger partial charge in [0.15, 0.2) is 5.78 Å². The molecule has 0 amide bonds. The highest BCUT2D eigenvalue weighted by atomic mass is 16.5. The number of fused-ring (bicyclic) bond motifs is 1. The van der Waals surface area contributed by atoms with Crippen LogP contribution in [0.4, 0.5) is 0 Å². The molecule has 102 valence electrons. The van der Waals surface area contributed by atoms with E-state index in [0.29, 0.717) is 17.7 Å². The van der Waals surface area contributed by atoms with Gasteiger partial charge in [0.1, 0.15) is 17.1 Å². The van der Waals surface area contributed by atoms with Crippen LogP contribution in [0.25, 0.3) is 0 Å². The van der Waals surface area contributed by atoms with E-state index in [9.17, 15) is 4.79 Å². The fraction of sp³-hybridized carbons (Fsp3) is 0.562. The van der Waals surface area contributed by atoms with Gasteiger partial charge in [0.25, 0.3) is 0 Å². The summed E-state index contributed by atoms with van der Waals surface area (Å²) in [5.74, 6) is 2.33. The van der Waals surface area contributed by atoms with Gasteiger partial charge in [-0.1, -0.05) is 19.3 Å². The maximum Gasteiger partial charge on any atom is 0.170 e. The molecule has 3 heteroatoms. The summed E-state index contributed by atoms with van der Waals surface area (Å²) in [6.45, 7) is 2.06. The number of carbonyl (C=O) groups is 1. The third-order valence-electron chi connectivity index (χ3n) is 4.33. The van der Waals surface area contributed by atoms with Gasteiger partial charge in [0.2, 0.25) is 0 Å². The van der Waals surface area contributed by atoms with Crippen LogP contribution in [0.1, 0.15) is 49.4 Å². The van der Waals surface area contributed by atoms with Crippen LogP contribution >= 0.6 is 0 Å². The first kappa shape index (κ1) is 12.5. The lowest BCUT2D eigenvalue weighted by Crippen LogP contribution is -2.41. The van der Waals surface area contributed by atoms with E-state index < -0.39 is 0 Å². The summed E-state index contributed by atoms with van der Waals surface area (Å²) in [5.41, 5.74) is 0.341. The van der Waals surface area contributed by atoms with Gasteiger partial charge in [-0.2, -0.15) is 0 Å². The van der Waals surface area contributed by atoms with E-state index in [0.717, 1.165) is 18.1 Å². The summed E-state index contributed by atoms with van der Waals surface area (Å²) in [6.07, 6.45) is 5.34. The zero-order chi connectivity index (χ0) is 13.5. The zero-order valence-corrected chi connectivity index (χ0v) is 11.6. The zero-order valence-electron chi connectivity index (χ0n) is 11.6. The van der Waals surface area contributed by atoms with E-state index >= 15 is 0 Å². The molecule has 1 aliphatic heterocycles. The second-order valence-corrected chi connectivity index (χ2v) is 6.02. The molecule has 1 fully saturated rings. The molecule has 0 saturated heterocycles. The number of ketones is 1. The minimum absolute atomic E-state index is 0.186. The molecule has 0 spiro atoms. The van der Waals surface area contributed by atoms with Crippen molar-refractivity contribution in [2.75, 3.05) is 7.11 Å². The number of methoxy groups -OCH3 is 1. The molecule has 0 bridgehead atoms. The van der Waals surface area contributed by atoms with Crippen LogP contribution in [-0.4, -0.2) is 18.5 Å². The Balaban J connectivity index is 1.86. The molecule has 1 aliphatic carbocycles. The summed E-state index contributed by atoms with van der Waals surface area (Å²) in [6, 6.07) is 5.44. The normalized spacial score (nSPS) is 26.3. The first-order valence-corrected chi connectivity index (χ1v) is 7.00. The van der Waals surface area contributed by atoms with Crippen molar-refractivity contribution in [3.63, 3.8) is 0 Å². The number of hydrogen-bond acceptors (Lipinski definition) is 3. The average Bonchev–Trinajstić information content (AvgIpc) is 2.33. The number of Topliss-reactive ketones (excluding diaryl/α,β-unsaturated/α-hetero) is 1. The molecule has 1 unspecified atom stereocenters. The minimum atomic E-state index is -0.346. The van der Waals surface area contributed by atoms with Crippen molar-refractivity contribution in [3.05, 3.63) is 23.8 Å². The molecule has 2 aliphatic rings. The molecule has 1 saturated carbocycles. The van der Waals surface area contributed by atoms with Crippen LogP contribution in [0.3, 0.4) is 0 Å². The summed E-state index contributed by atoms with van der Waals surface area (Å²) in [7, 11) is 1.62. The van der Waals surface area contributed by atoms with Gasteiger partial charge in [-0.15, -0.1) is 0 Å². The lowest BCUT2D eigenvalue weighted by atomic mass is 9.75. The summed E-state index contributed by atoms with van der Waals surface area (Å²) < 4.78 is 11.3. The number of benzene rings is 1. The molecular weight excluding hydrogens is 240 g/mol. The summed E-state index contributed by atoms with van der Waals surface area (Å²) >= 11 is 0. The van der Waals surface area contributed by atoms with Crippen molar-refractivity contribution >= 4 is 5.78 Å². The first-order chi connectivity index (χ1) is 9.09. The van der Waals surface area contributed by atoms with Crippen molar-refractivity contribution in [2.45, 2.75) is 44.6 Å². The van der Waals surface area contributed by atoms with Gasteiger partial charge >= 0.3 is 0 Å². The van der Waals surface area contributed by atoms with Gasteiger partial charge in [-0.3, -0.25) is 4.79 Å². The van der Waals surface area contributed by atoms with Crippen LogP contribution in [0.2, 0.25) is 0 Å². The fourth-order valence-electron chi connectivity index (χ4n) is 3.10.